The van der Waals surface area contributed by atoms with Gasteiger partial charge >= 0.3 is 0 Å². The molecule has 1 aliphatic carbocycles. The summed E-state index contributed by atoms with van der Waals surface area (Å²) in [4.78, 5) is 28.9. The number of amides is 2. The van der Waals surface area contributed by atoms with Crippen LogP contribution in [0.1, 0.15) is 50.5 Å². The van der Waals surface area contributed by atoms with Gasteiger partial charge in [0.25, 0.3) is 0 Å². The summed E-state index contributed by atoms with van der Waals surface area (Å²) >= 11 is 1.41. The molecule has 0 radical (unpaired) electrons. The van der Waals surface area contributed by atoms with E-state index in [4.69, 9.17) is 0 Å². The van der Waals surface area contributed by atoms with Crippen LogP contribution in [0.3, 0.4) is 0 Å². The molecule has 1 saturated heterocycles. The van der Waals surface area contributed by atoms with E-state index < -0.39 is 0 Å². The van der Waals surface area contributed by atoms with Crippen LogP contribution >= 0.6 is 11.3 Å². The molecule has 2 aliphatic rings. The molecule has 0 bridgehead atoms. The summed E-state index contributed by atoms with van der Waals surface area (Å²) in [5.74, 6) is 0.805. The van der Waals surface area contributed by atoms with Gasteiger partial charge in [0, 0.05) is 45.4 Å². The zero-order valence-electron chi connectivity index (χ0n) is 15.6. The lowest BCUT2D eigenvalue weighted by molar-refractivity contribution is -0.132. The van der Waals surface area contributed by atoms with Crippen LogP contribution in [0.5, 0.6) is 0 Å². The molecule has 0 atom stereocenters. The second kappa shape index (κ2) is 9.41. The maximum absolute atomic E-state index is 12.4. The maximum atomic E-state index is 12.4. The molecular weight excluding hydrogens is 350 g/mol. The van der Waals surface area contributed by atoms with Gasteiger partial charge in [-0.3, -0.25) is 9.59 Å². The molecule has 144 valence electrons. The fourth-order valence-corrected chi connectivity index (χ4v) is 4.11. The zero-order valence-corrected chi connectivity index (χ0v) is 16.4. The first kappa shape index (κ1) is 19.2. The lowest BCUT2D eigenvalue weighted by Gasteiger charge is -2.21. The first-order chi connectivity index (χ1) is 12.6. The van der Waals surface area contributed by atoms with Crippen LogP contribution in [0.25, 0.3) is 0 Å². The van der Waals surface area contributed by atoms with E-state index in [1.54, 1.807) is 0 Å². The third kappa shape index (κ3) is 6.02. The Balaban J connectivity index is 1.37. The Morgan fingerprint density at radius 3 is 2.77 bits per heavy atom. The SMILES string of the molecule is CCCc1nnc(NC(=O)CCC(=O)N2CCCN(CC3CC3)CC2)s1. The van der Waals surface area contributed by atoms with Crippen molar-refractivity contribution in [1.29, 1.82) is 0 Å². The van der Waals surface area contributed by atoms with Crippen LogP contribution in [0, 0.1) is 5.92 Å². The Hall–Kier alpha value is -1.54. The minimum atomic E-state index is -0.164. The quantitative estimate of drug-likeness (QED) is 0.749. The fraction of sp³-hybridized carbons (Fsp3) is 0.778. The molecule has 3 rings (SSSR count). The van der Waals surface area contributed by atoms with Crippen LogP contribution in [-0.4, -0.2) is 64.5 Å². The van der Waals surface area contributed by atoms with Crippen molar-refractivity contribution in [2.45, 2.75) is 51.9 Å². The molecule has 0 spiro atoms. The first-order valence-electron chi connectivity index (χ1n) is 9.76. The van der Waals surface area contributed by atoms with Crippen molar-refractivity contribution >= 4 is 28.3 Å². The number of carbonyl (C=O) groups excluding carboxylic acids is 2. The second-order valence-electron chi connectivity index (χ2n) is 7.28. The van der Waals surface area contributed by atoms with Gasteiger partial charge in [0.15, 0.2) is 0 Å². The molecule has 1 aliphatic heterocycles. The average Bonchev–Trinajstić information content (AvgIpc) is 3.38. The Morgan fingerprint density at radius 2 is 2.00 bits per heavy atom. The summed E-state index contributed by atoms with van der Waals surface area (Å²) in [6.07, 6.45) is 6.09. The topological polar surface area (TPSA) is 78.4 Å². The number of aromatic nitrogens is 2. The summed E-state index contributed by atoms with van der Waals surface area (Å²) < 4.78 is 0. The molecule has 8 heteroatoms. The van der Waals surface area contributed by atoms with Gasteiger partial charge in [-0.15, -0.1) is 10.2 Å². The standard InChI is InChI=1S/C18H29N5O2S/c1-2-4-16-20-21-18(26-16)19-15(24)7-8-17(25)23-10-3-9-22(11-12-23)13-14-5-6-14/h14H,2-13H2,1H3,(H,19,21,24). The molecule has 26 heavy (non-hydrogen) atoms. The molecule has 7 nitrogen and oxygen atoms in total. The van der Waals surface area contributed by atoms with E-state index in [9.17, 15) is 9.59 Å². The predicted octanol–water partition coefficient (Wildman–Crippen LogP) is 2.15. The maximum Gasteiger partial charge on any atom is 0.226 e. The van der Waals surface area contributed by atoms with E-state index in [0.717, 1.165) is 56.4 Å². The summed E-state index contributed by atoms with van der Waals surface area (Å²) in [6, 6.07) is 0. The zero-order chi connectivity index (χ0) is 18.4. The summed E-state index contributed by atoms with van der Waals surface area (Å²) in [5.41, 5.74) is 0. The normalized spacial score (nSPS) is 18.6. The molecule has 1 saturated carbocycles. The van der Waals surface area contributed by atoms with Gasteiger partial charge in [0.05, 0.1) is 0 Å². The molecule has 2 amide bonds. The van der Waals surface area contributed by atoms with E-state index >= 15 is 0 Å². The van der Waals surface area contributed by atoms with Crippen LogP contribution in [0.15, 0.2) is 0 Å². The van der Waals surface area contributed by atoms with Gasteiger partial charge < -0.3 is 15.1 Å². The number of hydrogen-bond donors (Lipinski definition) is 1. The van der Waals surface area contributed by atoms with Crippen molar-refractivity contribution in [3.63, 3.8) is 0 Å². The Kier molecular flexibility index (Phi) is 6.96. The number of rotatable bonds is 8. The van der Waals surface area contributed by atoms with Crippen LogP contribution in [0.2, 0.25) is 0 Å². The van der Waals surface area contributed by atoms with E-state index in [2.05, 4.69) is 27.3 Å². The summed E-state index contributed by atoms with van der Waals surface area (Å²) in [6.45, 7) is 6.89. The first-order valence-corrected chi connectivity index (χ1v) is 10.6. The van der Waals surface area contributed by atoms with Crippen molar-refractivity contribution in [3.8, 4) is 0 Å². The highest BCUT2D eigenvalue weighted by Crippen LogP contribution is 2.29. The molecule has 1 aromatic heterocycles. The van der Waals surface area contributed by atoms with Crippen LogP contribution in [0.4, 0.5) is 5.13 Å². The predicted molar refractivity (Wildman–Crippen MR) is 102 cm³/mol. The highest BCUT2D eigenvalue weighted by molar-refractivity contribution is 7.15. The Labute approximate surface area is 159 Å². The van der Waals surface area contributed by atoms with Crippen molar-refractivity contribution in [2.75, 3.05) is 38.0 Å². The van der Waals surface area contributed by atoms with Crippen molar-refractivity contribution in [3.05, 3.63) is 5.01 Å². The number of anilines is 1. The van der Waals surface area contributed by atoms with Crippen molar-refractivity contribution in [1.82, 2.24) is 20.0 Å². The van der Waals surface area contributed by atoms with E-state index in [1.165, 1.54) is 30.7 Å². The minimum absolute atomic E-state index is 0.0809. The molecular formula is C18H29N5O2S. The number of nitrogens with zero attached hydrogens (tertiary/aromatic N) is 4. The van der Waals surface area contributed by atoms with Crippen LogP contribution in [-0.2, 0) is 16.0 Å². The highest BCUT2D eigenvalue weighted by Gasteiger charge is 2.26. The van der Waals surface area contributed by atoms with Crippen molar-refractivity contribution < 1.29 is 9.59 Å². The summed E-state index contributed by atoms with van der Waals surface area (Å²) in [5, 5.41) is 12.2. The third-order valence-corrected chi connectivity index (χ3v) is 5.80. The molecule has 1 aromatic rings. The lowest BCUT2D eigenvalue weighted by atomic mass is 10.2. The molecule has 0 unspecified atom stereocenters. The van der Waals surface area contributed by atoms with Gasteiger partial charge in [-0.25, -0.2) is 0 Å². The van der Waals surface area contributed by atoms with Crippen LogP contribution < -0.4 is 5.32 Å². The monoisotopic (exact) mass is 379 g/mol. The van der Waals surface area contributed by atoms with E-state index in [0.29, 0.717) is 5.13 Å². The molecule has 2 heterocycles. The highest BCUT2D eigenvalue weighted by atomic mass is 32.1. The molecule has 0 aromatic carbocycles. The number of hydrogen-bond acceptors (Lipinski definition) is 6. The molecule has 2 fully saturated rings. The van der Waals surface area contributed by atoms with E-state index in [-0.39, 0.29) is 24.7 Å². The number of nitrogens with one attached hydrogen (secondary N) is 1. The second-order valence-corrected chi connectivity index (χ2v) is 8.34. The number of carbonyl (C=O) groups is 2. The van der Waals surface area contributed by atoms with Gasteiger partial charge in [-0.1, -0.05) is 18.3 Å². The summed E-state index contributed by atoms with van der Waals surface area (Å²) in [7, 11) is 0. The van der Waals surface area contributed by atoms with Gasteiger partial charge in [0.1, 0.15) is 5.01 Å². The Bertz CT molecular complexity index is 616. The van der Waals surface area contributed by atoms with Gasteiger partial charge in [-0.2, -0.15) is 0 Å². The minimum Gasteiger partial charge on any atom is -0.341 e. The molecule has 1 N–H and O–H groups in total. The lowest BCUT2D eigenvalue weighted by Crippen LogP contribution is -2.36. The largest absolute Gasteiger partial charge is 0.341 e. The van der Waals surface area contributed by atoms with Crippen molar-refractivity contribution in [2.24, 2.45) is 5.92 Å². The average molecular weight is 380 g/mol. The fourth-order valence-electron chi connectivity index (χ4n) is 3.25. The van der Waals surface area contributed by atoms with Gasteiger partial charge in [0.2, 0.25) is 16.9 Å². The van der Waals surface area contributed by atoms with Gasteiger partial charge in [-0.05, 0) is 38.1 Å². The van der Waals surface area contributed by atoms with E-state index in [1.807, 2.05) is 4.90 Å². The number of aryl methyl sites for hydroxylation is 1. The third-order valence-electron chi connectivity index (χ3n) is 4.90. The smallest absolute Gasteiger partial charge is 0.226 e. The Morgan fingerprint density at radius 1 is 1.15 bits per heavy atom.